The molecule has 1 aliphatic heterocycles. The highest BCUT2D eigenvalue weighted by atomic mass is 16.5. The molecule has 2 heterocycles. The molecule has 1 saturated heterocycles. The Morgan fingerprint density at radius 1 is 1.19 bits per heavy atom. The lowest BCUT2D eigenvalue weighted by molar-refractivity contribution is -0.126. The largest absolute Gasteiger partial charge is 0.497 e. The van der Waals surface area contributed by atoms with Gasteiger partial charge in [0.2, 0.25) is 5.91 Å². The van der Waals surface area contributed by atoms with Crippen LogP contribution in [0.4, 0.5) is 0 Å². The smallest absolute Gasteiger partial charge is 0.253 e. The molecule has 1 aromatic heterocycles. The maximum Gasteiger partial charge on any atom is 0.253 e. The van der Waals surface area contributed by atoms with Crippen LogP contribution in [0.2, 0.25) is 0 Å². The minimum atomic E-state index is -0.0498. The minimum absolute atomic E-state index is 0.0143. The van der Waals surface area contributed by atoms with Crippen molar-refractivity contribution >= 4 is 11.8 Å². The normalized spacial score (nSPS) is 14.7. The molecule has 1 N–H and O–H groups in total. The zero-order valence-corrected chi connectivity index (χ0v) is 14.9. The summed E-state index contributed by atoms with van der Waals surface area (Å²) < 4.78 is 5.18. The number of rotatable bonds is 5. The van der Waals surface area contributed by atoms with Crippen molar-refractivity contribution in [1.82, 2.24) is 15.2 Å². The predicted molar refractivity (Wildman–Crippen MR) is 97.7 cm³/mol. The fourth-order valence-electron chi connectivity index (χ4n) is 3.12. The minimum Gasteiger partial charge on any atom is -0.497 e. The monoisotopic (exact) mass is 353 g/mol. The number of hydrogen-bond acceptors (Lipinski definition) is 4. The van der Waals surface area contributed by atoms with E-state index in [0.29, 0.717) is 43.8 Å². The number of benzene rings is 1. The predicted octanol–water partition coefficient (Wildman–Crippen LogP) is 2.26. The number of nitrogens with zero attached hydrogens (tertiary/aromatic N) is 2. The van der Waals surface area contributed by atoms with Crippen LogP contribution in [0.15, 0.2) is 48.8 Å². The molecule has 1 fully saturated rings. The Hall–Kier alpha value is -2.89. The number of likely N-dealkylation sites (tertiary alicyclic amines) is 1. The summed E-state index contributed by atoms with van der Waals surface area (Å²) in [6.45, 7) is 1.68. The topological polar surface area (TPSA) is 71.5 Å². The molecule has 2 amide bonds. The van der Waals surface area contributed by atoms with Gasteiger partial charge in [-0.3, -0.25) is 14.6 Å². The number of nitrogens with one attached hydrogen (secondary N) is 1. The summed E-state index contributed by atoms with van der Waals surface area (Å²) in [6.07, 6.45) is 4.78. The van der Waals surface area contributed by atoms with Gasteiger partial charge in [0.1, 0.15) is 5.75 Å². The van der Waals surface area contributed by atoms with Crippen molar-refractivity contribution in [2.24, 2.45) is 5.92 Å². The van der Waals surface area contributed by atoms with Crippen LogP contribution in [-0.4, -0.2) is 41.9 Å². The quantitative estimate of drug-likeness (QED) is 0.895. The van der Waals surface area contributed by atoms with Gasteiger partial charge in [-0.15, -0.1) is 0 Å². The number of amides is 2. The number of hydrogen-bond donors (Lipinski definition) is 1. The van der Waals surface area contributed by atoms with Crippen molar-refractivity contribution in [3.8, 4) is 5.75 Å². The van der Waals surface area contributed by atoms with Gasteiger partial charge in [0.25, 0.3) is 5.91 Å². The van der Waals surface area contributed by atoms with Crippen LogP contribution >= 0.6 is 0 Å². The number of ether oxygens (including phenoxy) is 1. The summed E-state index contributed by atoms with van der Waals surface area (Å²) in [7, 11) is 1.58. The van der Waals surface area contributed by atoms with Gasteiger partial charge < -0.3 is 15.0 Å². The maximum atomic E-state index is 12.6. The number of pyridine rings is 1. The number of methoxy groups -OCH3 is 1. The molecule has 0 radical (unpaired) electrons. The molecule has 6 nitrogen and oxygen atoms in total. The molecule has 3 rings (SSSR count). The average molecular weight is 353 g/mol. The van der Waals surface area contributed by atoms with Gasteiger partial charge in [0, 0.05) is 43.5 Å². The van der Waals surface area contributed by atoms with Crippen LogP contribution in [0.1, 0.15) is 28.8 Å². The second kappa shape index (κ2) is 8.47. The lowest BCUT2D eigenvalue weighted by Gasteiger charge is -2.31. The van der Waals surface area contributed by atoms with Crippen molar-refractivity contribution in [2.45, 2.75) is 19.4 Å². The van der Waals surface area contributed by atoms with Crippen molar-refractivity contribution in [3.63, 3.8) is 0 Å². The highest BCUT2D eigenvalue weighted by Gasteiger charge is 2.27. The van der Waals surface area contributed by atoms with Crippen LogP contribution in [0.5, 0.6) is 5.75 Å². The zero-order chi connectivity index (χ0) is 18.4. The van der Waals surface area contributed by atoms with E-state index in [1.165, 1.54) is 0 Å². The summed E-state index contributed by atoms with van der Waals surface area (Å²) >= 11 is 0. The summed E-state index contributed by atoms with van der Waals surface area (Å²) in [6, 6.07) is 10.9. The third kappa shape index (κ3) is 4.39. The van der Waals surface area contributed by atoms with E-state index in [1.54, 1.807) is 36.5 Å². The molecule has 0 unspecified atom stereocenters. The average Bonchev–Trinajstić information content (AvgIpc) is 2.72. The van der Waals surface area contributed by atoms with E-state index in [9.17, 15) is 9.59 Å². The summed E-state index contributed by atoms with van der Waals surface area (Å²) in [4.78, 5) is 30.7. The van der Waals surface area contributed by atoms with Crippen molar-refractivity contribution < 1.29 is 14.3 Å². The lowest BCUT2D eigenvalue weighted by atomic mass is 9.95. The number of carbonyl (C=O) groups excluding carboxylic acids is 2. The Balaban J connectivity index is 1.50. The molecule has 2 aromatic rings. The molecule has 1 aliphatic rings. The Bertz CT molecular complexity index is 756. The highest BCUT2D eigenvalue weighted by molar-refractivity contribution is 5.94. The van der Waals surface area contributed by atoms with Crippen molar-refractivity contribution in [1.29, 1.82) is 0 Å². The molecule has 0 spiro atoms. The molecular weight excluding hydrogens is 330 g/mol. The van der Waals surface area contributed by atoms with Gasteiger partial charge in [-0.05, 0) is 48.7 Å². The van der Waals surface area contributed by atoms with Crippen molar-refractivity contribution in [3.05, 3.63) is 59.9 Å². The fraction of sp³-hybridized carbons (Fsp3) is 0.350. The van der Waals surface area contributed by atoms with Gasteiger partial charge in [0.15, 0.2) is 0 Å². The van der Waals surface area contributed by atoms with Crippen LogP contribution in [0, 0.1) is 5.92 Å². The Morgan fingerprint density at radius 2 is 1.92 bits per heavy atom. The molecule has 136 valence electrons. The number of aromatic nitrogens is 1. The Labute approximate surface area is 153 Å². The molecule has 0 aliphatic carbocycles. The lowest BCUT2D eigenvalue weighted by Crippen LogP contribution is -2.42. The molecule has 0 atom stereocenters. The fourth-order valence-corrected chi connectivity index (χ4v) is 3.12. The van der Waals surface area contributed by atoms with Gasteiger partial charge in [-0.1, -0.05) is 6.07 Å². The van der Waals surface area contributed by atoms with Gasteiger partial charge >= 0.3 is 0 Å². The molecule has 1 aromatic carbocycles. The summed E-state index contributed by atoms with van der Waals surface area (Å²) in [5, 5.41) is 2.97. The van der Waals surface area contributed by atoms with E-state index in [-0.39, 0.29) is 17.7 Å². The third-order valence-corrected chi connectivity index (χ3v) is 4.69. The SMILES string of the molecule is COc1cccc(C(=O)N2CCC(C(=O)NCc3ccncc3)CC2)c1. The van der Waals surface area contributed by atoms with E-state index < -0.39 is 0 Å². The molecule has 26 heavy (non-hydrogen) atoms. The summed E-state index contributed by atoms with van der Waals surface area (Å²) in [5.41, 5.74) is 1.64. The third-order valence-electron chi connectivity index (χ3n) is 4.69. The van der Waals surface area contributed by atoms with Crippen molar-refractivity contribution in [2.75, 3.05) is 20.2 Å². The first-order valence-electron chi connectivity index (χ1n) is 8.77. The first kappa shape index (κ1) is 17.9. The first-order valence-corrected chi connectivity index (χ1v) is 8.77. The van der Waals surface area contributed by atoms with Crippen LogP contribution < -0.4 is 10.1 Å². The Morgan fingerprint density at radius 3 is 2.62 bits per heavy atom. The molecule has 6 heteroatoms. The number of piperidine rings is 1. The van der Waals surface area contributed by atoms with E-state index in [0.717, 1.165) is 5.56 Å². The highest BCUT2D eigenvalue weighted by Crippen LogP contribution is 2.21. The second-order valence-corrected chi connectivity index (χ2v) is 6.37. The van der Waals surface area contributed by atoms with E-state index >= 15 is 0 Å². The first-order chi connectivity index (χ1) is 12.7. The van der Waals surface area contributed by atoms with E-state index in [1.807, 2.05) is 24.3 Å². The van der Waals surface area contributed by atoms with Gasteiger partial charge in [0.05, 0.1) is 7.11 Å². The standard InChI is InChI=1S/C20H23N3O3/c1-26-18-4-2-3-17(13-18)20(25)23-11-7-16(8-12-23)19(24)22-14-15-5-9-21-10-6-15/h2-6,9-10,13,16H,7-8,11-12,14H2,1H3,(H,22,24). The molecule has 0 bridgehead atoms. The summed E-state index contributed by atoms with van der Waals surface area (Å²) in [5.74, 6) is 0.655. The number of carbonyl (C=O) groups is 2. The second-order valence-electron chi connectivity index (χ2n) is 6.37. The van der Waals surface area contributed by atoms with E-state index in [4.69, 9.17) is 4.74 Å². The van der Waals surface area contributed by atoms with Crippen LogP contribution in [0.25, 0.3) is 0 Å². The zero-order valence-electron chi connectivity index (χ0n) is 14.9. The maximum absolute atomic E-state index is 12.6. The molecular formula is C20H23N3O3. The van der Waals surface area contributed by atoms with Gasteiger partial charge in [-0.25, -0.2) is 0 Å². The van der Waals surface area contributed by atoms with Gasteiger partial charge in [-0.2, -0.15) is 0 Å². The van der Waals surface area contributed by atoms with Crippen LogP contribution in [0.3, 0.4) is 0 Å². The Kier molecular flexibility index (Phi) is 5.84. The van der Waals surface area contributed by atoms with E-state index in [2.05, 4.69) is 10.3 Å². The van der Waals surface area contributed by atoms with Crippen LogP contribution in [-0.2, 0) is 11.3 Å². The molecule has 0 saturated carbocycles.